The lowest BCUT2D eigenvalue weighted by atomic mass is 9.88. The summed E-state index contributed by atoms with van der Waals surface area (Å²) in [7, 11) is 0. The molecule has 0 N–H and O–H groups in total. The van der Waals surface area contributed by atoms with Gasteiger partial charge in [-0.1, -0.05) is 23.8 Å². The predicted molar refractivity (Wildman–Crippen MR) is 68.5 cm³/mol. The van der Waals surface area contributed by atoms with Crippen LogP contribution in [0.15, 0.2) is 35.5 Å². The minimum Gasteiger partial charge on any atom is -0.454 e. The number of esters is 1. The molecule has 17 heavy (non-hydrogen) atoms. The average molecular weight is 232 g/mol. The van der Waals surface area contributed by atoms with Gasteiger partial charge in [-0.05, 0) is 45.6 Å². The van der Waals surface area contributed by atoms with Crippen LogP contribution in [0.2, 0.25) is 0 Å². The van der Waals surface area contributed by atoms with E-state index in [-0.39, 0.29) is 18.0 Å². The molecule has 2 aliphatic rings. The van der Waals surface area contributed by atoms with E-state index in [4.69, 9.17) is 4.74 Å². The first kappa shape index (κ1) is 12.2. The number of fused-ring (bicyclic) bond motifs is 1. The van der Waals surface area contributed by atoms with Gasteiger partial charge in [0.05, 0.1) is 0 Å². The summed E-state index contributed by atoms with van der Waals surface area (Å²) >= 11 is 0. The fraction of sp³-hybridized carbons (Fsp3) is 0.533. The van der Waals surface area contributed by atoms with Crippen LogP contribution in [0.1, 0.15) is 39.5 Å². The predicted octanol–water partition coefficient (Wildman–Crippen LogP) is 3.55. The van der Waals surface area contributed by atoms with Crippen LogP contribution in [0.4, 0.5) is 0 Å². The van der Waals surface area contributed by atoms with Crippen LogP contribution in [-0.4, -0.2) is 12.1 Å². The number of hydrogen-bond acceptors (Lipinski definition) is 2. The van der Waals surface area contributed by atoms with Gasteiger partial charge in [0.2, 0.25) is 0 Å². The molecule has 0 unspecified atom stereocenters. The second-order valence-electron chi connectivity index (χ2n) is 5.14. The molecule has 2 heteroatoms. The van der Waals surface area contributed by atoms with E-state index in [1.54, 1.807) is 0 Å². The zero-order valence-electron chi connectivity index (χ0n) is 10.7. The number of carbonyl (C=O) groups excluding carboxylic acids is 1. The number of ether oxygens (including phenoxy) is 1. The zero-order valence-corrected chi connectivity index (χ0v) is 10.7. The standard InChI is InChI=1S/C15H20O2/c1-10-5-4-6-11(2)9-14-13(8-7-10)12(3)15(16)17-14/h5,9,13-14H,3-4,6-8H2,1-2H3/b10-5-,11-9+/t13-,14+/m1/s1. The summed E-state index contributed by atoms with van der Waals surface area (Å²) in [6.45, 7) is 8.14. The van der Waals surface area contributed by atoms with Crippen molar-refractivity contribution in [2.24, 2.45) is 5.92 Å². The van der Waals surface area contributed by atoms with Crippen LogP contribution in [-0.2, 0) is 9.53 Å². The fourth-order valence-corrected chi connectivity index (χ4v) is 2.51. The normalized spacial score (nSPS) is 36.4. The third kappa shape index (κ3) is 2.68. The third-order valence-corrected chi connectivity index (χ3v) is 3.68. The van der Waals surface area contributed by atoms with Crippen LogP contribution in [0.5, 0.6) is 0 Å². The van der Waals surface area contributed by atoms with Crippen molar-refractivity contribution in [1.29, 1.82) is 0 Å². The summed E-state index contributed by atoms with van der Waals surface area (Å²) in [5.41, 5.74) is 3.35. The Hall–Kier alpha value is -1.31. The van der Waals surface area contributed by atoms with Crippen molar-refractivity contribution in [3.63, 3.8) is 0 Å². The van der Waals surface area contributed by atoms with Gasteiger partial charge in [0.1, 0.15) is 6.10 Å². The molecule has 0 bridgehead atoms. The smallest absolute Gasteiger partial charge is 0.334 e. The molecule has 2 rings (SSSR count). The topological polar surface area (TPSA) is 26.3 Å². The first-order valence-corrected chi connectivity index (χ1v) is 6.30. The molecular weight excluding hydrogens is 212 g/mol. The molecular formula is C15H20O2. The molecule has 92 valence electrons. The number of rotatable bonds is 0. The van der Waals surface area contributed by atoms with E-state index in [0.717, 1.165) is 25.7 Å². The van der Waals surface area contributed by atoms with Crippen molar-refractivity contribution in [2.75, 3.05) is 0 Å². The Labute approximate surface area is 103 Å². The summed E-state index contributed by atoms with van der Waals surface area (Å²) in [5, 5.41) is 0. The van der Waals surface area contributed by atoms with Crippen LogP contribution >= 0.6 is 0 Å². The van der Waals surface area contributed by atoms with E-state index in [1.807, 2.05) is 0 Å². The highest BCUT2D eigenvalue weighted by Gasteiger charge is 2.36. The highest BCUT2D eigenvalue weighted by atomic mass is 16.5. The average Bonchev–Trinajstić information content (AvgIpc) is 2.52. The fourth-order valence-electron chi connectivity index (χ4n) is 2.51. The second-order valence-corrected chi connectivity index (χ2v) is 5.14. The molecule has 0 spiro atoms. The maximum absolute atomic E-state index is 11.6. The van der Waals surface area contributed by atoms with Gasteiger partial charge in [0.15, 0.2) is 0 Å². The van der Waals surface area contributed by atoms with Gasteiger partial charge in [-0.3, -0.25) is 0 Å². The lowest BCUT2D eigenvalue weighted by Crippen LogP contribution is -2.15. The maximum atomic E-state index is 11.6. The van der Waals surface area contributed by atoms with E-state index in [1.165, 1.54) is 11.1 Å². The maximum Gasteiger partial charge on any atom is 0.334 e. The van der Waals surface area contributed by atoms with Gasteiger partial charge in [0, 0.05) is 11.5 Å². The Balaban J connectivity index is 2.24. The van der Waals surface area contributed by atoms with Gasteiger partial charge in [-0.25, -0.2) is 4.79 Å². The molecule has 1 aliphatic carbocycles. The zero-order chi connectivity index (χ0) is 12.4. The molecule has 0 amide bonds. The highest BCUT2D eigenvalue weighted by molar-refractivity contribution is 5.91. The molecule has 1 saturated heterocycles. The summed E-state index contributed by atoms with van der Waals surface area (Å²) < 4.78 is 5.38. The summed E-state index contributed by atoms with van der Waals surface area (Å²) in [6, 6.07) is 0. The van der Waals surface area contributed by atoms with E-state index in [2.05, 4.69) is 32.6 Å². The van der Waals surface area contributed by atoms with Crippen LogP contribution in [0, 0.1) is 5.92 Å². The van der Waals surface area contributed by atoms with Gasteiger partial charge in [-0.15, -0.1) is 0 Å². The summed E-state index contributed by atoms with van der Waals surface area (Å²) in [6.07, 6.45) is 8.45. The lowest BCUT2D eigenvalue weighted by molar-refractivity contribution is -0.137. The van der Waals surface area contributed by atoms with Crippen LogP contribution < -0.4 is 0 Å². The monoisotopic (exact) mass is 232 g/mol. The van der Waals surface area contributed by atoms with Gasteiger partial charge in [-0.2, -0.15) is 0 Å². The number of carbonyl (C=O) groups is 1. The third-order valence-electron chi connectivity index (χ3n) is 3.68. The minimum absolute atomic E-state index is 0.0825. The van der Waals surface area contributed by atoms with Crippen molar-refractivity contribution >= 4 is 5.97 Å². The molecule has 1 heterocycles. The van der Waals surface area contributed by atoms with Crippen molar-refractivity contribution < 1.29 is 9.53 Å². The Morgan fingerprint density at radius 1 is 1.29 bits per heavy atom. The van der Waals surface area contributed by atoms with Crippen molar-refractivity contribution in [3.05, 3.63) is 35.5 Å². The highest BCUT2D eigenvalue weighted by Crippen LogP contribution is 2.33. The van der Waals surface area contributed by atoms with Crippen LogP contribution in [0.25, 0.3) is 0 Å². The number of allylic oxidation sites excluding steroid dienone is 3. The summed E-state index contributed by atoms with van der Waals surface area (Å²) in [5.74, 6) is -0.0520. The quantitative estimate of drug-likeness (QED) is 0.363. The van der Waals surface area contributed by atoms with Crippen molar-refractivity contribution in [3.8, 4) is 0 Å². The lowest BCUT2D eigenvalue weighted by Gasteiger charge is -2.17. The van der Waals surface area contributed by atoms with E-state index < -0.39 is 0 Å². The minimum atomic E-state index is -0.218. The molecule has 0 aromatic heterocycles. The van der Waals surface area contributed by atoms with E-state index in [0.29, 0.717) is 5.57 Å². The molecule has 0 saturated carbocycles. The van der Waals surface area contributed by atoms with Gasteiger partial charge < -0.3 is 4.74 Å². The molecule has 1 fully saturated rings. The van der Waals surface area contributed by atoms with Gasteiger partial charge in [0.25, 0.3) is 0 Å². The van der Waals surface area contributed by atoms with Crippen molar-refractivity contribution in [1.82, 2.24) is 0 Å². The second kappa shape index (κ2) is 4.91. The molecule has 2 nitrogen and oxygen atoms in total. The molecule has 0 aromatic carbocycles. The number of hydrogen-bond donors (Lipinski definition) is 0. The molecule has 2 atom stereocenters. The molecule has 0 radical (unpaired) electrons. The first-order valence-electron chi connectivity index (χ1n) is 6.30. The molecule has 1 aliphatic heterocycles. The largest absolute Gasteiger partial charge is 0.454 e. The van der Waals surface area contributed by atoms with Crippen molar-refractivity contribution in [2.45, 2.75) is 45.6 Å². The van der Waals surface area contributed by atoms with E-state index in [9.17, 15) is 4.79 Å². The molecule has 0 aromatic rings. The Morgan fingerprint density at radius 2 is 2.06 bits per heavy atom. The SMILES string of the molecule is C=C1C(=O)O[C@H]2/C=C(\C)CC/C=C(/C)CC[C@H]12. The van der Waals surface area contributed by atoms with E-state index >= 15 is 0 Å². The first-order chi connectivity index (χ1) is 8.08. The van der Waals surface area contributed by atoms with Gasteiger partial charge >= 0.3 is 5.97 Å². The Kier molecular flexibility index (Phi) is 3.51. The van der Waals surface area contributed by atoms with Crippen LogP contribution in [0.3, 0.4) is 0 Å². The summed E-state index contributed by atoms with van der Waals surface area (Å²) in [4.78, 5) is 11.6. The Bertz CT molecular complexity index is 401. The Morgan fingerprint density at radius 3 is 2.82 bits per heavy atom.